The van der Waals surface area contributed by atoms with Crippen molar-refractivity contribution >= 4 is 27.3 Å². The molecule has 1 aromatic heterocycles. The Labute approximate surface area is 104 Å². The summed E-state index contributed by atoms with van der Waals surface area (Å²) in [5.74, 6) is 0.441. The van der Waals surface area contributed by atoms with E-state index in [1.54, 1.807) is 11.3 Å². The van der Waals surface area contributed by atoms with Gasteiger partial charge in [-0.1, -0.05) is 13.8 Å². The van der Waals surface area contributed by atoms with Gasteiger partial charge in [-0.15, -0.1) is 11.3 Å². The van der Waals surface area contributed by atoms with Gasteiger partial charge in [0, 0.05) is 21.4 Å². The molecule has 0 aromatic carbocycles. The zero-order valence-electron chi connectivity index (χ0n) is 9.33. The van der Waals surface area contributed by atoms with E-state index in [-0.39, 0.29) is 18.7 Å². The molecule has 1 rings (SSSR count). The average molecular weight is 292 g/mol. The minimum Gasteiger partial charge on any atom is -0.395 e. The Balaban J connectivity index is 2.62. The molecule has 0 radical (unpaired) electrons. The lowest BCUT2D eigenvalue weighted by Gasteiger charge is -2.24. The van der Waals surface area contributed by atoms with Crippen LogP contribution in [0.15, 0.2) is 15.9 Å². The van der Waals surface area contributed by atoms with Gasteiger partial charge in [-0.05, 0) is 40.2 Å². The van der Waals surface area contributed by atoms with Crippen molar-refractivity contribution in [2.75, 3.05) is 6.61 Å². The zero-order valence-corrected chi connectivity index (χ0v) is 11.7. The fourth-order valence-electron chi connectivity index (χ4n) is 1.47. The van der Waals surface area contributed by atoms with Gasteiger partial charge in [0.05, 0.1) is 6.61 Å². The molecule has 0 aliphatic heterocycles. The van der Waals surface area contributed by atoms with Gasteiger partial charge in [0.25, 0.3) is 0 Å². The first-order chi connectivity index (χ1) is 7.06. The van der Waals surface area contributed by atoms with Crippen LogP contribution in [0.1, 0.15) is 31.7 Å². The smallest absolute Gasteiger partial charge is 0.0587 e. The first kappa shape index (κ1) is 13.2. The van der Waals surface area contributed by atoms with Crippen molar-refractivity contribution in [2.45, 2.75) is 32.9 Å². The molecule has 0 saturated heterocycles. The van der Waals surface area contributed by atoms with Crippen molar-refractivity contribution in [1.82, 2.24) is 5.32 Å². The number of hydrogen-bond donors (Lipinski definition) is 2. The van der Waals surface area contributed by atoms with Crippen molar-refractivity contribution in [1.29, 1.82) is 0 Å². The van der Waals surface area contributed by atoms with Crippen LogP contribution in [0.2, 0.25) is 0 Å². The monoisotopic (exact) mass is 291 g/mol. The van der Waals surface area contributed by atoms with Crippen LogP contribution in [0.25, 0.3) is 0 Å². The second kappa shape index (κ2) is 5.99. The molecule has 0 saturated carbocycles. The molecule has 2 atom stereocenters. The SMILES string of the molecule is CC(N[C@H](CO)C(C)C)c1sccc1Br. The fourth-order valence-corrected chi connectivity index (χ4v) is 3.20. The highest BCUT2D eigenvalue weighted by Crippen LogP contribution is 2.29. The Kier molecular flexibility index (Phi) is 5.26. The van der Waals surface area contributed by atoms with Crippen molar-refractivity contribution in [3.05, 3.63) is 20.8 Å². The van der Waals surface area contributed by atoms with Gasteiger partial charge in [-0.25, -0.2) is 0 Å². The lowest BCUT2D eigenvalue weighted by atomic mass is 10.0. The van der Waals surface area contributed by atoms with E-state index in [1.165, 1.54) is 4.88 Å². The van der Waals surface area contributed by atoms with E-state index in [1.807, 2.05) is 0 Å². The van der Waals surface area contributed by atoms with Gasteiger partial charge in [0.2, 0.25) is 0 Å². The lowest BCUT2D eigenvalue weighted by Crippen LogP contribution is -2.38. The van der Waals surface area contributed by atoms with E-state index < -0.39 is 0 Å². The van der Waals surface area contributed by atoms with Gasteiger partial charge in [-0.3, -0.25) is 0 Å². The predicted octanol–water partition coefficient (Wildman–Crippen LogP) is 3.18. The molecule has 1 heterocycles. The molecule has 4 heteroatoms. The Morgan fingerprint density at radius 2 is 2.13 bits per heavy atom. The maximum absolute atomic E-state index is 9.24. The van der Waals surface area contributed by atoms with Gasteiger partial charge >= 0.3 is 0 Å². The predicted molar refractivity (Wildman–Crippen MR) is 69.3 cm³/mol. The number of thiophene rings is 1. The van der Waals surface area contributed by atoms with Crippen LogP contribution in [0, 0.1) is 5.92 Å². The largest absolute Gasteiger partial charge is 0.395 e. The van der Waals surface area contributed by atoms with Crippen molar-refractivity contribution in [2.24, 2.45) is 5.92 Å². The molecule has 0 bridgehead atoms. The molecule has 1 unspecified atom stereocenters. The van der Waals surface area contributed by atoms with Gasteiger partial charge in [0.15, 0.2) is 0 Å². The van der Waals surface area contributed by atoms with Crippen LogP contribution in [-0.4, -0.2) is 17.8 Å². The van der Waals surface area contributed by atoms with E-state index in [2.05, 4.69) is 53.5 Å². The molecule has 0 aliphatic carbocycles. The van der Waals surface area contributed by atoms with E-state index in [4.69, 9.17) is 0 Å². The molecule has 0 aliphatic rings. The zero-order chi connectivity index (χ0) is 11.4. The van der Waals surface area contributed by atoms with E-state index in [0.717, 1.165) is 4.47 Å². The topological polar surface area (TPSA) is 32.3 Å². The normalized spacial score (nSPS) is 15.6. The van der Waals surface area contributed by atoms with Crippen molar-refractivity contribution < 1.29 is 5.11 Å². The van der Waals surface area contributed by atoms with Crippen LogP contribution in [0.3, 0.4) is 0 Å². The van der Waals surface area contributed by atoms with Gasteiger partial charge < -0.3 is 10.4 Å². The van der Waals surface area contributed by atoms with Crippen LogP contribution in [-0.2, 0) is 0 Å². The number of hydrogen-bond acceptors (Lipinski definition) is 3. The first-order valence-corrected chi connectivity index (χ1v) is 6.83. The minimum atomic E-state index is 0.161. The summed E-state index contributed by atoms with van der Waals surface area (Å²) in [5.41, 5.74) is 0. The summed E-state index contributed by atoms with van der Waals surface area (Å²) < 4.78 is 1.15. The highest BCUT2D eigenvalue weighted by atomic mass is 79.9. The quantitative estimate of drug-likeness (QED) is 0.873. The molecule has 2 N–H and O–H groups in total. The standard InChI is InChI=1S/C11H18BrNOS/c1-7(2)10(6-14)13-8(3)11-9(12)4-5-15-11/h4-5,7-8,10,13-14H,6H2,1-3H3/t8?,10-/m1/s1. The van der Waals surface area contributed by atoms with Crippen LogP contribution in [0.5, 0.6) is 0 Å². The van der Waals surface area contributed by atoms with E-state index in [9.17, 15) is 5.11 Å². The molecule has 0 amide bonds. The maximum Gasteiger partial charge on any atom is 0.0587 e. The summed E-state index contributed by atoms with van der Waals surface area (Å²) in [6, 6.07) is 2.49. The highest BCUT2D eigenvalue weighted by Gasteiger charge is 2.17. The van der Waals surface area contributed by atoms with E-state index >= 15 is 0 Å². The van der Waals surface area contributed by atoms with Crippen molar-refractivity contribution in [3.8, 4) is 0 Å². The highest BCUT2D eigenvalue weighted by molar-refractivity contribution is 9.10. The lowest BCUT2D eigenvalue weighted by molar-refractivity contribution is 0.202. The summed E-state index contributed by atoms with van der Waals surface area (Å²) in [6.45, 7) is 6.54. The first-order valence-electron chi connectivity index (χ1n) is 5.16. The van der Waals surface area contributed by atoms with Crippen LogP contribution < -0.4 is 5.32 Å². The summed E-state index contributed by atoms with van der Waals surface area (Å²) in [6.07, 6.45) is 0. The summed E-state index contributed by atoms with van der Waals surface area (Å²) in [5, 5.41) is 14.8. The molecular formula is C11H18BrNOS. The third kappa shape index (κ3) is 3.55. The Morgan fingerprint density at radius 1 is 1.47 bits per heavy atom. The Hall–Kier alpha value is 0.100. The summed E-state index contributed by atoms with van der Waals surface area (Å²) >= 11 is 5.25. The molecule has 86 valence electrons. The fraction of sp³-hybridized carbons (Fsp3) is 0.636. The molecule has 15 heavy (non-hydrogen) atoms. The third-order valence-corrected chi connectivity index (χ3v) is 4.56. The number of nitrogens with one attached hydrogen (secondary N) is 1. The van der Waals surface area contributed by atoms with E-state index in [0.29, 0.717) is 5.92 Å². The van der Waals surface area contributed by atoms with Crippen LogP contribution >= 0.6 is 27.3 Å². The molecule has 2 nitrogen and oxygen atoms in total. The third-order valence-electron chi connectivity index (χ3n) is 2.50. The maximum atomic E-state index is 9.24. The molecular weight excluding hydrogens is 274 g/mol. The summed E-state index contributed by atoms with van der Waals surface area (Å²) in [7, 11) is 0. The number of aliphatic hydroxyl groups is 1. The van der Waals surface area contributed by atoms with Crippen LogP contribution in [0.4, 0.5) is 0 Å². The molecule has 0 spiro atoms. The Bertz CT molecular complexity index is 301. The number of aliphatic hydroxyl groups excluding tert-OH is 1. The molecule has 0 fully saturated rings. The second-order valence-corrected chi connectivity index (χ2v) is 5.86. The summed E-state index contributed by atoms with van der Waals surface area (Å²) in [4.78, 5) is 1.29. The van der Waals surface area contributed by atoms with Crippen molar-refractivity contribution in [3.63, 3.8) is 0 Å². The van der Waals surface area contributed by atoms with Gasteiger partial charge in [-0.2, -0.15) is 0 Å². The number of halogens is 1. The second-order valence-electron chi connectivity index (χ2n) is 4.05. The van der Waals surface area contributed by atoms with Gasteiger partial charge in [0.1, 0.15) is 0 Å². The number of rotatable bonds is 5. The average Bonchev–Trinajstić information content (AvgIpc) is 2.60. The minimum absolute atomic E-state index is 0.161. The Morgan fingerprint density at radius 3 is 2.53 bits per heavy atom. The molecule has 1 aromatic rings.